The Morgan fingerprint density at radius 3 is 1.17 bits per heavy atom. The highest BCUT2D eigenvalue weighted by molar-refractivity contribution is 9.08. The molecule has 5 aromatic heterocycles. The number of benzene rings is 5. The molecule has 3 N–H and O–H groups in total. The number of hydrogen-bond donors (Lipinski definition) is 3. The van der Waals surface area contributed by atoms with Crippen LogP contribution in [0.1, 0.15) is 176 Å². The minimum absolute atomic E-state index is 0.00450. The summed E-state index contributed by atoms with van der Waals surface area (Å²) in [5.74, 6) is 1.20. The van der Waals surface area contributed by atoms with E-state index in [0.29, 0.717) is 24.4 Å². The topological polar surface area (TPSA) is 134 Å². The molecular formula is C84H104BrN5O4S5Si. The maximum absolute atomic E-state index is 9.59. The smallest absolute Gasteiger partial charge is 0.261 e. The molecule has 3 aliphatic carbocycles. The van der Waals surface area contributed by atoms with Gasteiger partial charge in [-0.2, -0.15) is 0 Å². The maximum Gasteiger partial charge on any atom is 0.261 e. The average Bonchev–Trinajstić information content (AvgIpc) is 1.27. The highest BCUT2D eigenvalue weighted by atomic mass is 79.9. The van der Waals surface area contributed by atoms with Crippen molar-refractivity contribution in [2.24, 2.45) is 17.8 Å². The highest BCUT2D eigenvalue weighted by Gasteiger charge is 2.57. The van der Waals surface area contributed by atoms with Gasteiger partial charge >= 0.3 is 0 Å². The average molecular weight is 1520 g/mol. The number of halogens is 1. The minimum atomic E-state index is -2.57. The van der Waals surface area contributed by atoms with Crippen LogP contribution in [0.25, 0.3) is 12.2 Å². The number of rotatable bonds is 24. The zero-order chi connectivity index (χ0) is 71.7. The number of allylic oxidation sites excluding steroid dienone is 2. The van der Waals surface area contributed by atoms with Crippen molar-refractivity contribution in [3.8, 4) is 0 Å². The van der Waals surface area contributed by atoms with Crippen molar-refractivity contribution in [1.82, 2.24) is 24.9 Å². The lowest BCUT2D eigenvalue weighted by Gasteiger charge is -2.43. The molecule has 10 aromatic rings. The van der Waals surface area contributed by atoms with Crippen molar-refractivity contribution in [3.63, 3.8) is 0 Å². The van der Waals surface area contributed by atoms with Crippen molar-refractivity contribution in [3.05, 3.63) is 258 Å². The summed E-state index contributed by atoms with van der Waals surface area (Å²) in [6.07, 6.45) is 19.7. The van der Waals surface area contributed by atoms with E-state index in [1.54, 1.807) is 34.0 Å². The third kappa shape index (κ3) is 18.8. The Hall–Kier alpha value is -5.73. The summed E-state index contributed by atoms with van der Waals surface area (Å²) in [6.45, 7) is 29.5. The van der Waals surface area contributed by atoms with E-state index in [0.717, 1.165) is 103 Å². The van der Waals surface area contributed by atoms with E-state index in [2.05, 4.69) is 289 Å². The lowest BCUT2D eigenvalue weighted by Crippen LogP contribution is -2.66. The largest absolute Gasteiger partial charge is 0.407 e. The first-order chi connectivity index (χ1) is 48.2. The molecule has 0 amide bonds. The van der Waals surface area contributed by atoms with Crippen LogP contribution in [0.4, 0.5) is 0 Å². The summed E-state index contributed by atoms with van der Waals surface area (Å²) < 4.78 is 7.36. The Kier molecular flexibility index (Phi) is 28.3. The molecule has 6 atom stereocenters. The van der Waals surface area contributed by atoms with Crippen molar-refractivity contribution in [2.75, 3.05) is 19.8 Å². The molecular weight excluding hydrogens is 1410 g/mol. The second-order valence-corrected chi connectivity index (χ2v) is 38.2. The summed E-state index contributed by atoms with van der Waals surface area (Å²) in [5.41, 5.74) is 9.87. The van der Waals surface area contributed by atoms with E-state index in [1.165, 1.54) is 78.0 Å². The monoisotopic (exact) mass is 1510 g/mol. The van der Waals surface area contributed by atoms with E-state index in [1.807, 2.05) is 35.7 Å². The second-order valence-electron chi connectivity index (χ2n) is 27.6. The van der Waals surface area contributed by atoms with Gasteiger partial charge in [0.2, 0.25) is 0 Å². The fourth-order valence-corrected chi connectivity index (χ4v) is 23.8. The van der Waals surface area contributed by atoms with Crippen LogP contribution in [0, 0.1) is 52.4 Å². The first-order valence-corrected chi connectivity index (χ1v) is 42.8. The molecule has 9 nitrogen and oxygen atoms in total. The molecule has 0 radical (unpaired) electrons. The number of alkyl halides is 1. The van der Waals surface area contributed by atoms with Gasteiger partial charge in [-0.25, -0.2) is 24.9 Å². The highest BCUT2D eigenvalue weighted by Crippen LogP contribution is 2.59. The molecule has 6 unspecified atom stereocenters. The van der Waals surface area contributed by atoms with Gasteiger partial charge in [-0.15, -0.1) is 56.7 Å². The number of aliphatic hydroxyl groups excluding tert-OH is 3. The van der Waals surface area contributed by atoms with Crippen LogP contribution in [0.5, 0.6) is 0 Å². The van der Waals surface area contributed by atoms with Gasteiger partial charge in [-0.05, 0) is 161 Å². The molecule has 5 aromatic carbocycles. The first-order valence-electron chi connectivity index (χ1n) is 35.7. The van der Waals surface area contributed by atoms with E-state index in [9.17, 15) is 10.2 Å². The predicted molar refractivity (Wildman–Crippen MR) is 433 cm³/mol. The molecule has 5 heterocycles. The number of aliphatic hydroxyl groups is 3. The van der Waals surface area contributed by atoms with Crippen LogP contribution in [-0.4, -0.2) is 68.4 Å². The van der Waals surface area contributed by atoms with E-state index < -0.39 is 8.32 Å². The molecule has 16 heteroatoms. The lowest BCUT2D eigenvalue weighted by atomic mass is 9.88. The normalized spacial score (nSPS) is 19.8. The Morgan fingerprint density at radius 1 is 0.460 bits per heavy atom. The van der Waals surface area contributed by atoms with Gasteiger partial charge in [0.05, 0.1) is 65.0 Å². The number of aryl methyl sites for hydroxylation is 11. The van der Waals surface area contributed by atoms with Crippen LogP contribution in [0.2, 0.25) is 5.04 Å². The predicted octanol–water partition coefficient (Wildman–Crippen LogP) is 19.9. The Labute approximate surface area is 626 Å². The van der Waals surface area contributed by atoms with Crippen LogP contribution >= 0.6 is 72.6 Å². The summed E-state index contributed by atoms with van der Waals surface area (Å²) in [4.78, 5) is 28.9. The van der Waals surface area contributed by atoms with Gasteiger partial charge in [0, 0.05) is 60.9 Å². The van der Waals surface area contributed by atoms with Crippen molar-refractivity contribution < 1.29 is 19.7 Å². The second kappa shape index (κ2) is 36.1. The number of aromatic nitrogens is 5. The summed E-state index contributed by atoms with van der Waals surface area (Å²) in [6, 6.07) is 54.2. The third-order valence-electron chi connectivity index (χ3n) is 20.1. The Balaban J connectivity index is 0.000000160. The minimum Gasteiger partial charge on any atom is -0.407 e. The molecule has 100 heavy (non-hydrogen) atoms. The molecule has 3 fully saturated rings. The van der Waals surface area contributed by atoms with Crippen molar-refractivity contribution in [1.29, 1.82) is 0 Å². The molecule has 0 bridgehead atoms. The van der Waals surface area contributed by atoms with E-state index in [-0.39, 0.29) is 34.5 Å². The number of hydrogen-bond acceptors (Lipinski definition) is 14. The van der Waals surface area contributed by atoms with Crippen LogP contribution < -0.4 is 10.4 Å². The third-order valence-corrected chi connectivity index (χ3v) is 32.5. The fraction of sp³-hybridized carbons (Fsp3) is 0.417. The van der Waals surface area contributed by atoms with Gasteiger partial charge in [0.25, 0.3) is 8.32 Å². The van der Waals surface area contributed by atoms with Crippen LogP contribution in [0.3, 0.4) is 0 Å². The van der Waals surface area contributed by atoms with E-state index >= 15 is 0 Å². The van der Waals surface area contributed by atoms with Crippen molar-refractivity contribution in [2.45, 2.75) is 187 Å². The van der Waals surface area contributed by atoms with Crippen molar-refractivity contribution >= 4 is 103 Å². The quantitative estimate of drug-likeness (QED) is 0.0399. The molecule has 0 aliphatic heterocycles. The van der Waals surface area contributed by atoms with Gasteiger partial charge in [-0.1, -0.05) is 235 Å². The maximum atomic E-state index is 9.59. The van der Waals surface area contributed by atoms with Gasteiger partial charge in [0.15, 0.2) is 0 Å². The first kappa shape index (κ1) is 78.4. The Morgan fingerprint density at radius 2 is 0.820 bits per heavy atom. The molecule has 0 spiro atoms. The van der Waals surface area contributed by atoms with Crippen LogP contribution in [0.15, 0.2) is 164 Å². The summed E-state index contributed by atoms with van der Waals surface area (Å²) in [5, 5.41) is 37.5. The zero-order valence-electron chi connectivity index (χ0n) is 61.0. The summed E-state index contributed by atoms with van der Waals surface area (Å²) >= 11 is 12.3. The SMILES string of the molecule is CCc1nc(C)c(/C=C/C2(c3ccccc3)CC2CO)s1.CCc1nc(C)c(/C=C/C2(c3ccccc3)CC2CO[Si](c2ccccc2)(c2ccccc2)C(C)(C)C)s1.CCc1nc(C)c(CBr)s1.CCc1nc(C)c(CCC2(c3ccccc3)CC2CO)s1.CCc1nc(C)c(CO)s1. The molecule has 13 rings (SSSR count). The van der Waals surface area contributed by atoms with Gasteiger partial charge < -0.3 is 19.7 Å². The number of thiazole rings is 5. The number of nitrogens with zero attached hydrogens (tertiary/aromatic N) is 5. The summed E-state index contributed by atoms with van der Waals surface area (Å²) in [7, 11) is -2.57. The van der Waals surface area contributed by atoms with Gasteiger partial charge in [0.1, 0.15) is 0 Å². The zero-order valence-corrected chi connectivity index (χ0v) is 67.7. The molecule has 0 saturated heterocycles. The molecule has 530 valence electrons. The molecule has 3 aliphatic rings. The lowest BCUT2D eigenvalue weighted by molar-refractivity contribution is 0.261. The van der Waals surface area contributed by atoms with Gasteiger partial charge in [-0.3, -0.25) is 0 Å². The standard InChI is InChI=1S/C34H39NOSSi.C18H23NOS.C18H21NOS.C7H10BrNS.C7H11NOS/c1-6-32-35-26(2)31(37-32)22-23-34(27-16-10-7-11-17-27)24-28(34)25-36-38(33(3,4)5,29-18-12-8-13-19-29)30-20-14-9-15-21-30;2*1-3-17-19-13(2)16(21-17)9-10-18(11-15(18)12-20)14-7-5-4-6-8-14;1-3-7-9-5(2)6(4-8)10-7;1-3-7-8-5(2)6(4-9)10-7/h7-23,28H,6,24-25H2,1-5H3;4-8,15,20H,3,9-12H2,1-2H3;4-10,15,20H,3,11-12H2,1-2H3;3-4H2,1-2H3;9H,3-4H2,1-2H3/b23-22+;;10-9+;;. The fourth-order valence-electron chi connectivity index (χ4n) is 13.9. The van der Waals surface area contributed by atoms with E-state index in [4.69, 9.17) is 14.5 Å². The van der Waals surface area contributed by atoms with Crippen LogP contribution in [-0.2, 0) is 71.1 Å². The Bertz CT molecular complexity index is 4120. The molecule has 3 saturated carbocycles.